The summed E-state index contributed by atoms with van der Waals surface area (Å²) in [5.41, 5.74) is 0.0342. The number of aliphatic hydroxyl groups excluding tert-OH is 1. The number of rotatable bonds is 1. The van der Waals surface area contributed by atoms with Crippen LogP contribution in [0.3, 0.4) is 0 Å². The Morgan fingerprint density at radius 1 is 1.64 bits per heavy atom. The van der Waals surface area contributed by atoms with Crippen LogP contribution < -0.4 is 0 Å². The Bertz CT molecular complexity index is 160. The molecule has 2 unspecified atom stereocenters. The Morgan fingerprint density at radius 2 is 2.27 bits per heavy atom. The summed E-state index contributed by atoms with van der Waals surface area (Å²) in [6, 6.07) is 0. The predicted octanol–water partition coefficient (Wildman–Crippen LogP) is 2.36. The van der Waals surface area contributed by atoms with Crippen LogP contribution in [0.2, 0.25) is 0 Å². The van der Waals surface area contributed by atoms with Crippen molar-refractivity contribution in [3.05, 3.63) is 12.2 Å². The van der Waals surface area contributed by atoms with Crippen LogP contribution in [0.1, 0.15) is 33.6 Å². The maximum Gasteiger partial charge on any atom is 0.0600 e. The molecule has 0 fully saturated rings. The van der Waals surface area contributed by atoms with Crippen molar-refractivity contribution in [1.82, 2.24) is 0 Å². The van der Waals surface area contributed by atoms with Crippen molar-refractivity contribution in [2.24, 2.45) is 11.3 Å². The maximum absolute atomic E-state index is 9.47. The highest BCUT2D eigenvalue weighted by atomic mass is 16.3. The molecule has 1 N–H and O–H groups in total. The van der Waals surface area contributed by atoms with Crippen LogP contribution in [0.25, 0.3) is 0 Å². The molecule has 11 heavy (non-hydrogen) atoms. The van der Waals surface area contributed by atoms with Gasteiger partial charge in [0, 0.05) is 5.41 Å². The lowest BCUT2D eigenvalue weighted by Crippen LogP contribution is -2.30. The van der Waals surface area contributed by atoms with Crippen LogP contribution in [0.15, 0.2) is 12.2 Å². The molecule has 0 aromatic carbocycles. The summed E-state index contributed by atoms with van der Waals surface area (Å²) in [5, 5.41) is 9.47. The van der Waals surface area contributed by atoms with Crippen LogP contribution in [-0.2, 0) is 0 Å². The van der Waals surface area contributed by atoms with Crippen molar-refractivity contribution in [2.75, 3.05) is 0 Å². The molecule has 3 atom stereocenters. The zero-order chi connectivity index (χ0) is 8.48. The monoisotopic (exact) mass is 154 g/mol. The van der Waals surface area contributed by atoms with Gasteiger partial charge in [-0.1, -0.05) is 26.0 Å². The molecule has 0 aromatic heterocycles. The molecule has 0 amide bonds. The summed E-state index contributed by atoms with van der Waals surface area (Å²) in [7, 11) is 0. The molecular formula is C10H18O. The molecule has 1 rings (SSSR count). The van der Waals surface area contributed by atoms with E-state index in [2.05, 4.69) is 26.0 Å². The van der Waals surface area contributed by atoms with Gasteiger partial charge in [-0.25, -0.2) is 0 Å². The lowest BCUT2D eigenvalue weighted by Gasteiger charge is -2.33. The van der Waals surface area contributed by atoms with E-state index in [0.29, 0.717) is 5.92 Å². The molecular weight excluding hydrogens is 136 g/mol. The molecule has 0 bridgehead atoms. The molecule has 0 saturated heterocycles. The first kappa shape index (κ1) is 8.79. The van der Waals surface area contributed by atoms with Crippen molar-refractivity contribution in [1.29, 1.82) is 0 Å². The number of hydrogen-bond donors (Lipinski definition) is 1. The predicted molar refractivity (Wildman–Crippen MR) is 47.3 cm³/mol. The molecule has 1 aliphatic rings. The zero-order valence-electron chi connectivity index (χ0n) is 7.67. The molecule has 64 valence electrons. The SMILES string of the molecule is CC1C=CC(C)([C@@H](C)O)CC1. The van der Waals surface area contributed by atoms with Crippen molar-refractivity contribution < 1.29 is 5.11 Å². The molecule has 0 aliphatic heterocycles. The smallest absolute Gasteiger partial charge is 0.0600 e. The van der Waals surface area contributed by atoms with Crippen LogP contribution in [-0.4, -0.2) is 11.2 Å². The maximum atomic E-state index is 9.47. The van der Waals surface area contributed by atoms with Gasteiger partial charge in [0.15, 0.2) is 0 Å². The van der Waals surface area contributed by atoms with Crippen LogP contribution in [0.5, 0.6) is 0 Å². The molecule has 0 spiro atoms. The van der Waals surface area contributed by atoms with Crippen molar-refractivity contribution >= 4 is 0 Å². The molecule has 1 aliphatic carbocycles. The standard InChI is InChI=1S/C10H18O/c1-8-4-6-10(3,7-5-8)9(2)11/h4,6,8-9,11H,5,7H2,1-3H3/t8?,9-,10?/m1/s1. The second-order valence-corrected chi connectivity index (χ2v) is 4.06. The van der Waals surface area contributed by atoms with Gasteiger partial charge in [-0.3, -0.25) is 0 Å². The number of allylic oxidation sites excluding steroid dienone is 1. The van der Waals surface area contributed by atoms with Gasteiger partial charge in [-0.15, -0.1) is 0 Å². The van der Waals surface area contributed by atoms with E-state index in [4.69, 9.17) is 0 Å². The topological polar surface area (TPSA) is 20.2 Å². The largest absolute Gasteiger partial charge is 0.393 e. The third kappa shape index (κ3) is 1.84. The molecule has 0 heterocycles. The third-order valence-corrected chi connectivity index (χ3v) is 2.90. The lowest BCUT2D eigenvalue weighted by atomic mass is 9.74. The summed E-state index contributed by atoms with van der Waals surface area (Å²) >= 11 is 0. The van der Waals surface area contributed by atoms with Gasteiger partial charge >= 0.3 is 0 Å². The molecule has 0 saturated carbocycles. The Labute approximate surface area is 69.1 Å². The fourth-order valence-electron chi connectivity index (χ4n) is 1.45. The van der Waals surface area contributed by atoms with E-state index >= 15 is 0 Å². The molecule has 1 nitrogen and oxygen atoms in total. The Balaban J connectivity index is 2.68. The van der Waals surface area contributed by atoms with E-state index in [-0.39, 0.29) is 11.5 Å². The molecule has 1 heteroatoms. The summed E-state index contributed by atoms with van der Waals surface area (Å²) in [5.74, 6) is 0.696. The second kappa shape index (κ2) is 2.98. The highest BCUT2D eigenvalue weighted by Crippen LogP contribution is 2.35. The van der Waals surface area contributed by atoms with Gasteiger partial charge in [0.1, 0.15) is 0 Å². The Morgan fingerprint density at radius 3 is 2.64 bits per heavy atom. The quantitative estimate of drug-likeness (QED) is 0.575. The van der Waals surface area contributed by atoms with Crippen LogP contribution >= 0.6 is 0 Å². The minimum Gasteiger partial charge on any atom is -0.393 e. The van der Waals surface area contributed by atoms with E-state index < -0.39 is 0 Å². The molecule has 0 aromatic rings. The van der Waals surface area contributed by atoms with Gasteiger partial charge in [0.25, 0.3) is 0 Å². The summed E-state index contributed by atoms with van der Waals surface area (Å²) in [6.07, 6.45) is 6.49. The van der Waals surface area contributed by atoms with Crippen LogP contribution in [0, 0.1) is 11.3 Å². The lowest BCUT2D eigenvalue weighted by molar-refractivity contribution is 0.0729. The van der Waals surface area contributed by atoms with Crippen molar-refractivity contribution in [3.63, 3.8) is 0 Å². The summed E-state index contributed by atoms with van der Waals surface area (Å²) < 4.78 is 0. The Kier molecular flexibility index (Phi) is 2.38. The highest BCUT2D eigenvalue weighted by Gasteiger charge is 2.29. The van der Waals surface area contributed by atoms with Gasteiger partial charge in [0.05, 0.1) is 6.10 Å². The van der Waals surface area contributed by atoms with Crippen molar-refractivity contribution in [3.8, 4) is 0 Å². The van der Waals surface area contributed by atoms with Gasteiger partial charge in [-0.2, -0.15) is 0 Å². The normalized spacial score (nSPS) is 40.5. The zero-order valence-corrected chi connectivity index (χ0v) is 7.67. The number of hydrogen-bond acceptors (Lipinski definition) is 1. The first-order valence-electron chi connectivity index (χ1n) is 4.42. The van der Waals surface area contributed by atoms with E-state index in [1.54, 1.807) is 0 Å². The first-order valence-corrected chi connectivity index (χ1v) is 4.42. The van der Waals surface area contributed by atoms with E-state index in [9.17, 15) is 5.11 Å². The summed E-state index contributed by atoms with van der Waals surface area (Å²) in [6.45, 7) is 6.22. The van der Waals surface area contributed by atoms with Crippen LogP contribution in [0.4, 0.5) is 0 Å². The van der Waals surface area contributed by atoms with Crippen molar-refractivity contribution in [2.45, 2.75) is 39.7 Å². The number of aliphatic hydroxyl groups is 1. The second-order valence-electron chi connectivity index (χ2n) is 4.06. The summed E-state index contributed by atoms with van der Waals surface area (Å²) in [4.78, 5) is 0. The molecule has 0 radical (unpaired) electrons. The first-order chi connectivity index (χ1) is 5.04. The van der Waals surface area contributed by atoms with E-state index in [1.807, 2.05) is 6.92 Å². The van der Waals surface area contributed by atoms with Gasteiger partial charge in [0.2, 0.25) is 0 Å². The average molecular weight is 154 g/mol. The fourth-order valence-corrected chi connectivity index (χ4v) is 1.45. The van der Waals surface area contributed by atoms with E-state index in [1.165, 1.54) is 6.42 Å². The van der Waals surface area contributed by atoms with Gasteiger partial charge < -0.3 is 5.11 Å². The Hall–Kier alpha value is -0.300. The minimum atomic E-state index is -0.216. The van der Waals surface area contributed by atoms with E-state index in [0.717, 1.165) is 6.42 Å². The minimum absolute atomic E-state index is 0.0342. The average Bonchev–Trinajstić information content (AvgIpc) is 1.95. The third-order valence-electron chi connectivity index (χ3n) is 2.90. The van der Waals surface area contributed by atoms with Gasteiger partial charge in [-0.05, 0) is 25.7 Å². The highest BCUT2D eigenvalue weighted by molar-refractivity contribution is 5.05. The fraction of sp³-hybridized carbons (Fsp3) is 0.800.